The molecule has 0 aliphatic carbocycles. The van der Waals surface area contributed by atoms with E-state index in [1.165, 1.54) is 12.1 Å². The minimum absolute atomic E-state index is 0.289. The molecule has 1 aliphatic rings. The van der Waals surface area contributed by atoms with Crippen LogP contribution in [0.3, 0.4) is 0 Å². The summed E-state index contributed by atoms with van der Waals surface area (Å²) in [6, 6.07) is 4.24. The summed E-state index contributed by atoms with van der Waals surface area (Å²) in [5.74, 6) is -1.39. The molecule has 1 aromatic rings. The third kappa shape index (κ3) is 3.44. The number of benzene rings is 1. The van der Waals surface area contributed by atoms with Gasteiger partial charge in [0.2, 0.25) is 0 Å². The Balaban J connectivity index is 2.04. The number of carboxylic acid groups (broad SMARTS) is 1. The molecule has 1 heterocycles. The highest BCUT2D eigenvalue weighted by Gasteiger charge is 2.17. The van der Waals surface area contributed by atoms with E-state index in [9.17, 15) is 9.18 Å². The number of nitrogens with zero attached hydrogens (tertiary/aromatic N) is 1. The van der Waals surface area contributed by atoms with Crippen LogP contribution in [0, 0.1) is 11.7 Å². The van der Waals surface area contributed by atoms with Gasteiger partial charge < -0.3 is 14.7 Å². The normalized spacial score (nSPS) is 16.3. The van der Waals surface area contributed by atoms with Gasteiger partial charge in [0, 0.05) is 32.5 Å². The van der Waals surface area contributed by atoms with Crippen LogP contribution in [0.1, 0.15) is 23.2 Å². The van der Waals surface area contributed by atoms with Crippen molar-refractivity contribution in [3.05, 3.63) is 29.6 Å². The Morgan fingerprint density at radius 3 is 2.74 bits per heavy atom. The summed E-state index contributed by atoms with van der Waals surface area (Å²) in [6.07, 6.45) is 2.03. The Bertz CT molecular complexity index is 458. The molecule has 0 amide bonds. The van der Waals surface area contributed by atoms with Crippen LogP contribution in [0.15, 0.2) is 18.2 Å². The standard InChI is InChI=1S/C14H18FNO3/c1-16(9-10-4-6-19-7-5-10)11-2-3-12(14(17)18)13(15)8-11/h2-3,8,10H,4-7,9H2,1H3,(H,17,18). The summed E-state index contributed by atoms with van der Waals surface area (Å²) >= 11 is 0. The molecule has 0 aromatic heterocycles. The average Bonchev–Trinajstić information content (AvgIpc) is 2.39. The van der Waals surface area contributed by atoms with E-state index < -0.39 is 11.8 Å². The Hall–Kier alpha value is -1.62. The summed E-state index contributed by atoms with van der Waals surface area (Å²) in [5, 5.41) is 8.79. The minimum Gasteiger partial charge on any atom is -0.478 e. The summed E-state index contributed by atoms with van der Waals surface area (Å²) in [4.78, 5) is 12.7. The number of aromatic carboxylic acids is 1. The van der Waals surface area contributed by atoms with E-state index >= 15 is 0 Å². The number of ether oxygens (including phenoxy) is 1. The number of hydrogen-bond donors (Lipinski definition) is 1. The predicted molar refractivity (Wildman–Crippen MR) is 70.2 cm³/mol. The van der Waals surface area contributed by atoms with Gasteiger partial charge in [0.15, 0.2) is 0 Å². The summed E-state index contributed by atoms with van der Waals surface area (Å²) < 4.78 is 18.9. The van der Waals surface area contributed by atoms with Gasteiger partial charge in [-0.2, -0.15) is 0 Å². The molecule has 4 nitrogen and oxygen atoms in total. The fourth-order valence-corrected chi connectivity index (χ4v) is 2.34. The van der Waals surface area contributed by atoms with Crippen LogP contribution in [0.5, 0.6) is 0 Å². The van der Waals surface area contributed by atoms with Gasteiger partial charge >= 0.3 is 5.97 Å². The largest absolute Gasteiger partial charge is 0.478 e. The average molecular weight is 267 g/mol. The molecule has 1 aliphatic heterocycles. The van der Waals surface area contributed by atoms with Crippen LogP contribution in [-0.4, -0.2) is 37.9 Å². The topological polar surface area (TPSA) is 49.8 Å². The first kappa shape index (κ1) is 13.8. The molecule has 1 saturated heterocycles. The molecule has 0 atom stereocenters. The van der Waals surface area contributed by atoms with Crippen LogP contribution < -0.4 is 4.90 Å². The van der Waals surface area contributed by atoms with Gasteiger partial charge in [-0.15, -0.1) is 0 Å². The molecule has 0 saturated carbocycles. The summed E-state index contributed by atoms with van der Waals surface area (Å²) in [7, 11) is 1.89. The third-order valence-corrected chi connectivity index (χ3v) is 3.50. The number of rotatable bonds is 4. The van der Waals surface area contributed by atoms with Gasteiger partial charge in [-0.1, -0.05) is 0 Å². The fraction of sp³-hybridized carbons (Fsp3) is 0.500. The van der Waals surface area contributed by atoms with Gasteiger partial charge in [-0.25, -0.2) is 9.18 Å². The quantitative estimate of drug-likeness (QED) is 0.910. The molecular weight excluding hydrogens is 249 g/mol. The number of carboxylic acids is 1. The van der Waals surface area contributed by atoms with Crippen LogP contribution in [0.2, 0.25) is 0 Å². The van der Waals surface area contributed by atoms with Gasteiger partial charge in [0.25, 0.3) is 0 Å². The van der Waals surface area contributed by atoms with E-state index in [0.717, 1.165) is 32.6 Å². The van der Waals surface area contributed by atoms with Gasteiger partial charge in [0.05, 0.1) is 5.56 Å². The zero-order chi connectivity index (χ0) is 13.8. The van der Waals surface area contributed by atoms with Crippen molar-refractivity contribution < 1.29 is 19.0 Å². The molecule has 1 fully saturated rings. The zero-order valence-electron chi connectivity index (χ0n) is 10.9. The molecule has 19 heavy (non-hydrogen) atoms. The minimum atomic E-state index is -1.24. The Kier molecular flexibility index (Phi) is 4.37. The van der Waals surface area contributed by atoms with Crippen molar-refractivity contribution in [2.24, 2.45) is 5.92 Å². The Labute approximate surface area is 111 Å². The van der Waals surface area contributed by atoms with Crippen molar-refractivity contribution in [2.75, 3.05) is 31.7 Å². The highest BCUT2D eigenvalue weighted by molar-refractivity contribution is 5.88. The van der Waals surface area contributed by atoms with Crippen molar-refractivity contribution in [3.63, 3.8) is 0 Å². The van der Waals surface area contributed by atoms with Crippen molar-refractivity contribution in [1.29, 1.82) is 0 Å². The summed E-state index contributed by atoms with van der Waals surface area (Å²) in [5.41, 5.74) is 0.414. The van der Waals surface area contributed by atoms with E-state index in [4.69, 9.17) is 9.84 Å². The van der Waals surface area contributed by atoms with E-state index in [-0.39, 0.29) is 5.56 Å². The highest BCUT2D eigenvalue weighted by Crippen LogP contribution is 2.22. The first-order chi connectivity index (χ1) is 9.08. The van der Waals surface area contributed by atoms with Crippen molar-refractivity contribution >= 4 is 11.7 Å². The van der Waals surface area contributed by atoms with Gasteiger partial charge in [-0.3, -0.25) is 0 Å². The highest BCUT2D eigenvalue weighted by atomic mass is 19.1. The van der Waals surface area contributed by atoms with E-state index in [1.54, 1.807) is 6.07 Å². The number of anilines is 1. The van der Waals surface area contributed by atoms with Crippen LogP contribution >= 0.6 is 0 Å². The maximum absolute atomic E-state index is 13.6. The second-order valence-electron chi connectivity index (χ2n) is 4.91. The van der Waals surface area contributed by atoms with Crippen molar-refractivity contribution in [2.45, 2.75) is 12.8 Å². The van der Waals surface area contributed by atoms with E-state index in [2.05, 4.69) is 0 Å². The lowest BCUT2D eigenvalue weighted by atomic mass is 9.99. The van der Waals surface area contributed by atoms with Gasteiger partial charge in [0.1, 0.15) is 5.82 Å². The van der Waals surface area contributed by atoms with Crippen LogP contribution in [0.4, 0.5) is 10.1 Å². The molecule has 1 aromatic carbocycles. The smallest absolute Gasteiger partial charge is 0.338 e. The predicted octanol–water partition coefficient (Wildman–Crippen LogP) is 2.39. The fourth-order valence-electron chi connectivity index (χ4n) is 2.34. The maximum Gasteiger partial charge on any atom is 0.338 e. The first-order valence-corrected chi connectivity index (χ1v) is 6.39. The second kappa shape index (κ2) is 6.02. The molecule has 5 heteroatoms. The molecule has 2 rings (SSSR count). The van der Waals surface area contributed by atoms with Crippen molar-refractivity contribution in [1.82, 2.24) is 0 Å². The monoisotopic (exact) mass is 267 g/mol. The Morgan fingerprint density at radius 2 is 2.16 bits per heavy atom. The maximum atomic E-state index is 13.6. The van der Waals surface area contributed by atoms with Gasteiger partial charge in [-0.05, 0) is 37.0 Å². The molecule has 0 radical (unpaired) electrons. The molecule has 104 valence electrons. The van der Waals surface area contributed by atoms with Crippen LogP contribution in [0.25, 0.3) is 0 Å². The number of carbonyl (C=O) groups is 1. The van der Waals surface area contributed by atoms with Crippen molar-refractivity contribution in [3.8, 4) is 0 Å². The molecule has 0 unspecified atom stereocenters. The second-order valence-corrected chi connectivity index (χ2v) is 4.91. The lowest BCUT2D eigenvalue weighted by Gasteiger charge is -2.28. The summed E-state index contributed by atoms with van der Waals surface area (Å²) in [6.45, 7) is 2.39. The lowest BCUT2D eigenvalue weighted by Crippen LogP contribution is -2.29. The molecule has 0 bridgehead atoms. The molecule has 1 N–H and O–H groups in total. The lowest BCUT2D eigenvalue weighted by molar-refractivity contribution is 0.0682. The SMILES string of the molecule is CN(CC1CCOCC1)c1ccc(C(=O)O)c(F)c1. The first-order valence-electron chi connectivity index (χ1n) is 6.39. The Morgan fingerprint density at radius 1 is 1.47 bits per heavy atom. The van der Waals surface area contributed by atoms with E-state index in [0.29, 0.717) is 11.6 Å². The zero-order valence-corrected chi connectivity index (χ0v) is 10.9. The van der Waals surface area contributed by atoms with Crippen LogP contribution in [-0.2, 0) is 4.74 Å². The number of halogens is 1. The molecular formula is C14H18FNO3. The number of hydrogen-bond acceptors (Lipinski definition) is 3. The molecule has 0 spiro atoms. The van der Waals surface area contributed by atoms with E-state index in [1.807, 2.05) is 11.9 Å². The third-order valence-electron chi connectivity index (χ3n) is 3.50.